The number of rotatable bonds is 3. The monoisotopic (exact) mass is 298 g/mol. The molecule has 0 bridgehead atoms. The molecule has 1 amide bonds. The summed E-state index contributed by atoms with van der Waals surface area (Å²) in [6.07, 6.45) is 0.463. The first kappa shape index (κ1) is 14.3. The maximum atomic E-state index is 12.0. The van der Waals surface area contributed by atoms with Crippen LogP contribution >= 0.6 is 23.4 Å². The van der Waals surface area contributed by atoms with Gasteiger partial charge >= 0.3 is 0 Å². The number of amides is 1. The van der Waals surface area contributed by atoms with E-state index in [0.717, 1.165) is 5.69 Å². The molecule has 0 saturated carbocycles. The van der Waals surface area contributed by atoms with Gasteiger partial charge in [-0.15, -0.1) is 0 Å². The van der Waals surface area contributed by atoms with Crippen molar-refractivity contribution in [3.8, 4) is 0 Å². The number of hydrogen-bond acceptors (Lipinski definition) is 4. The Kier molecular flexibility index (Phi) is 4.47. The molecule has 1 aromatic heterocycles. The zero-order valence-corrected chi connectivity index (χ0v) is 12.4. The van der Waals surface area contributed by atoms with Crippen LogP contribution in [0.25, 0.3) is 0 Å². The summed E-state index contributed by atoms with van der Waals surface area (Å²) in [5.74, 6) is 0.912. The predicted molar refractivity (Wildman–Crippen MR) is 77.6 cm³/mol. The molecular weight excluding hydrogens is 284 g/mol. The Balaban J connectivity index is 2.09. The van der Waals surface area contributed by atoms with Gasteiger partial charge in [-0.2, -0.15) is 0 Å². The van der Waals surface area contributed by atoms with Crippen molar-refractivity contribution in [1.82, 2.24) is 4.98 Å². The number of halogens is 1. The lowest BCUT2D eigenvalue weighted by atomic mass is 10.1. The summed E-state index contributed by atoms with van der Waals surface area (Å²) in [7, 11) is 0. The molecule has 6 heteroatoms. The van der Waals surface area contributed by atoms with Crippen molar-refractivity contribution in [2.75, 3.05) is 17.2 Å². The number of nitrogens with zero attached hydrogens (tertiary/aromatic N) is 2. The molecule has 0 radical (unpaired) electrons. The number of aryl methyl sites for hydroxylation is 1. The van der Waals surface area contributed by atoms with Crippen LogP contribution in [0.5, 0.6) is 0 Å². The maximum Gasteiger partial charge on any atom is 0.227 e. The van der Waals surface area contributed by atoms with Crippen LogP contribution in [0.4, 0.5) is 5.69 Å². The van der Waals surface area contributed by atoms with Crippen LogP contribution in [-0.2, 0) is 9.59 Å². The first-order valence-electron chi connectivity index (χ1n) is 6.04. The van der Waals surface area contributed by atoms with Crippen molar-refractivity contribution in [1.29, 1.82) is 0 Å². The highest BCUT2D eigenvalue weighted by Crippen LogP contribution is 2.31. The Hall–Kier alpha value is -1.07. The van der Waals surface area contributed by atoms with E-state index in [1.54, 1.807) is 11.8 Å². The second kappa shape index (κ2) is 5.92. The number of anilines is 1. The lowest BCUT2D eigenvalue weighted by Crippen LogP contribution is -2.25. The molecule has 1 aliphatic heterocycles. The summed E-state index contributed by atoms with van der Waals surface area (Å²) in [4.78, 5) is 28.8. The summed E-state index contributed by atoms with van der Waals surface area (Å²) < 4.78 is 0. The standard InChI is InChI=1S/C13H15ClN2O2S/c1-8-3-4-11(13(14)15-8)16-6-10(5-12(16)18)7-19-9(2)17/h3-4,10H,5-7H2,1-2H3. The minimum Gasteiger partial charge on any atom is -0.309 e. The Morgan fingerprint density at radius 2 is 2.32 bits per heavy atom. The fraction of sp³-hybridized carbons (Fsp3) is 0.462. The lowest BCUT2D eigenvalue weighted by molar-refractivity contribution is -0.117. The fourth-order valence-electron chi connectivity index (χ4n) is 2.08. The Labute approximate surface area is 121 Å². The number of carbonyl (C=O) groups excluding carboxylic acids is 2. The van der Waals surface area contributed by atoms with Crippen LogP contribution in [0.2, 0.25) is 5.15 Å². The molecule has 1 unspecified atom stereocenters. The van der Waals surface area contributed by atoms with Crippen LogP contribution in [0.15, 0.2) is 12.1 Å². The first-order chi connectivity index (χ1) is 8.97. The van der Waals surface area contributed by atoms with Crippen molar-refractivity contribution in [2.45, 2.75) is 20.3 Å². The maximum absolute atomic E-state index is 12.0. The van der Waals surface area contributed by atoms with E-state index in [-0.39, 0.29) is 16.9 Å². The van der Waals surface area contributed by atoms with Crippen molar-refractivity contribution < 1.29 is 9.59 Å². The Morgan fingerprint density at radius 1 is 1.58 bits per heavy atom. The van der Waals surface area contributed by atoms with Gasteiger partial charge < -0.3 is 4.90 Å². The average Bonchev–Trinajstić information content (AvgIpc) is 2.68. The molecule has 1 aliphatic rings. The highest BCUT2D eigenvalue weighted by atomic mass is 35.5. The quantitative estimate of drug-likeness (QED) is 0.805. The zero-order chi connectivity index (χ0) is 14.0. The molecule has 4 nitrogen and oxygen atoms in total. The molecule has 1 aromatic rings. The van der Waals surface area contributed by atoms with Gasteiger partial charge in [0.25, 0.3) is 0 Å². The number of hydrogen-bond donors (Lipinski definition) is 0. The van der Waals surface area contributed by atoms with Gasteiger partial charge in [0.05, 0.1) is 5.69 Å². The average molecular weight is 299 g/mol. The van der Waals surface area contributed by atoms with Crippen LogP contribution < -0.4 is 4.90 Å². The van der Waals surface area contributed by atoms with Crippen molar-refractivity contribution in [3.05, 3.63) is 23.0 Å². The molecule has 1 saturated heterocycles. The third kappa shape index (κ3) is 3.48. The van der Waals surface area contributed by atoms with Crippen LogP contribution in [0.3, 0.4) is 0 Å². The van der Waals surface area contributed by atoms with Crippen LogP contribution in [0, 0.1) is 12.8 Å². The first-order valence-corrected chi connectivity index (χ1v) is 7.40. The van der Waals surface area contributed by atoms with Gasteiger partial charge in [-0.3, -0.25) is 9.59 Å². The van der Waals surface area contributed by atoms with Crippen molar-refractivity contribution in [3.63, 3.8) is 0 Å². The van der Waals surface area contributed by atoms with Gasteiger partial charge in [0, 0.05) is 31.3 Å². The van der Waals surface area contributed by atoms with Crippen LogP contribution in [0.1, 0.15) is 19.0 Å². The number of carbonyl (C=O) groups is 2. The minimum atomic E-state index is 0.0432. The molecule has 102 valence electrons. The van der Waals surface area contributed by atoms with Gasteiger partial charge in [-0.05, 0) is 25.0 Å². The van der Waals surface area contributed by atoms with Crippen LogP contribution in [-0.4, -0.2) is 28.3 Å². The van der Waals surface area contributed by atoms with E-state index in [0.29, 0.717) is 29.6 Å². The van der Waals surface area contributed by atoms with E-state index in [1.165, 1.54) is 11.8 Å². The number of aromatic nitrogens is 1. The summed E-state index contributed by atoms with van der Waals surface area (Å²) in [6, 6.07) is 3.66. The number of thioether (sulfide) groups is 1. The molecule has 0 aliphatic carbocycles. The van der Waals surface area contributed by atoms with Gasteiger partial charge in [0.15, 0.2) is 10.3 Å². The molecular formula is C13H15ClN2O2S. The highest BCUT2D eigenvalue weighted by Gasteiger charge is 2.32. The lowest BCUT2D eigenvalue weighted by Gasteiger charge is -2.17. The smallest absolute Gasteiger partial charge is 0.227 e. The van der Waals surface area contributed by atoms with Gasteiger partial charge in [-0.1, -0.05) is 23.4 Å². The van der Waals surface area contributed by atoms with Crippen molar-refractivity contribution >= 4 is 40.1 Å². The molecule has 0 N–H and O–H groups in total. The Morgan fingerprint density at radius 3 is 2.95 bits per heavy atom. The van der Waals surface area contributed by atoms with Gasteiger partial charge in [0.2, 0.25) is 5.91 Å². The predicted octanol–water partition coefficient (Wildman–Crippen LogP) is 2.68. The van der Waals surface area contributed by atoms with E-state index in [2.05, 4.69) is 4.98 Å². The summed E-state index contributed by atoms with van der Waals surface area (Å²) in [6.45, 7) is 4.00. The molecule has 2 rings (SSSR count). The molecule has 2 heterocycles. The number of pyridine rings is 1. The van der Waals surface area contributed by atoms with E-state index in [9.17, 15) is 9.59 Å². The van der Waals surface area contributed by atoms with E-state index in [4.69, 9.17) is 11.6 Å². The summed E-state index contributed by atoms with van der Waals surface area (Å²) in [5.41, 5.74) is 1.48. The molecule has 19 heavy (non-hydrogen) atoms. The normalized spacial score (nSPS) is 19.0. The van der Waals surface area contributed by atoms with E-state index in [1.807, 2.05) is 19.1 Å². The molecule has 1 atom stereocenters. The zero-order valence-electron chi connectivity index (χ0n) is 10.9. The third-order valence-corrected chi connectivity index (χ3v) is 4.31. The summed E-state index contributed by atoms with van der Waals surface area (Å²) in [5, 5.41) is 0.439. The van der Waals surface area contributed by atoms with E-state index >= 15 is 0 Å². The largest absolute Gasteiger partial charge is 0.309 e. The third-order valence-electron chi connectivity index (χ3n) is 2.99. The van der Waals surface area contributed by atoms with Gasteiger partial charge in [0.1, 0.15) is 0 Å². The SMILES string of the molecule is CC(=O)SCC1CC(=O)N(c2ccc(C)nc2Cl)C1. The van der Waals surface area contributed by atoms with Gasteiger partial charge in [-0.25, -0.2) is 4.98 Å². The fourth-order valence-corrected chi connectivity index (χ4v) is 3.07. The molecule has 0 spiro atoms. The highest BCUT2D eigenvalue weighted by molar-refractivity contribution is 8.13. The molecule has 1 fully saturated rings. The second-order valence-electron chi connectivity index (χ2n) is 4.64. The Bertz CT molecular complexity index is 521. The van der Waals surface area contributed by atoms with Crippen molar-refractivity contribution in [2.24, 2.45) is 5.92 Å². The summed E-state index contributed by atoms with van der Waals surface area (Å²) >= 11 is 7.35. The topological polar surface area (TPSA) is 50.3 Å². The van der Waals surface area contributed by atoms with E-state index < -0.39 is 0 Å². The minimum absolute atomic E-state index is 0.0432. The second-order valence-corrected chi connectivity index (χ2v) is 6.19. The molecule has 0 aromatic carbocycles.